The lowest BCUT2D eigenvalue weighted by atomic mass is 10.1. The van der Waals surface area contributed by atoms with Crippen LogP contribution in [0.3, 0.4) is 0 Å². The average Bonchev–Trinajstić information content (AvgIpc) is 3.05. The van der Waals surface area contributed by atoms with Crippen LogP contribution in [0.25, 0.3) is 11.3 Å². The van der Waals surface area contributed by atoms with Gasteiger partial charge in [-0.2, -0.15) is 0 Å². The number of amides is 1. The lowest BCUT2D eigenvalue weighted by molar-refractivity contribution is -0.120. The maximum absolute atomic E-state index is 11.9. The van der Waals surface area contributed by atoms with E-state index >= 15 is 0 Å². The second-order valence-electron chi connectivity index (χ2n) is 5.27. The molecule has 2 aromatic carbocycles. The van der Waals surface area contributed by atoms with Crippen LogP contribution in [0.5, 0.6) is 11.5 Å². The number of carbonyl (C=O) groups is 1. The second kappa shape index (κ2) is 7.14. The molecule has 122 valence electrons. The number of phenolic OH excluding ortho intramolecular Hbond substituents is 2. The molecule has 1 aromatic heterocycles. The summed E-state index contributed by atoms with van der Waals surface area (Å²) in [6.45, 7) is 0.362. The van der Waals surface area contributed by atoms with Gasteiger partial charge in [0.15, 0.2) is 11.5 Å². The van der Waals surface area contributed by atoms with Crippen molar-refractivity contribution >= 4 is 17.2 Å². The van der Waals surface area contributed by atoms with Crippen LogP contribution in [0.15, 0.2) is 53.9 Å². The number of aromatic hydroxyl groups is 2. The number of hydrogen-bond donors (Lipinski definition) is 3. The van der Waals surface area contributed by atoms with Gasteiger partial charge in [-0.25, -0.2) is 4.98 Å². The summed E-state index contributed by atoms with van der Waals surface area (Å²) in [5.74, 6) is -0.402. The number of thiazole rings is 1. The van der Waals surface area contributed by atoms with Crippen LogP contribution < -0.4 is 5.32 Å². The molecule has 6 heteroatoms. The van der Waals surface area contributed by atoms with E-state index in [1.54, 1.807) is 6.07 Å². The van der Waals surface area contributed by atoms with E-state index < -0.39 is 0 Å². The molecule has 0 saturated carbocycles. The molecular formula is C18H16N2O3S. The smallest absolute Gasteiger partial charge is 0.224 e. The molecule has 3 N–H and O–H groups in total. The van der Waals surface area contributed by atoms with Gasteiger partial charge in [0.1, 0.15) is 5.01 Å². The molecule has 0 aliphatic heterocycles. The predicted molar refractivity (Wildman–Crippen MR) is 92.9 cm³/mol. The maximum atomic E-state index is 11.9. The number of nitrogens with one attached hydrogen (secondary N) is 1. The third kappa shape index (κ3) is 3.91. The molecule has 1 heterocycles. The van der Waals surface area contributed by atoms with Crippen LogP contribution in [-0.4, -0.2) is 21.1 Å². The van der Waals surface area contributed by atoms with Crippen molar-refractivity contribution in [2.75, 3.05) is 0 Å². The molecule has 0 radical (unpaired) electrons. The Bertz CT molecular complexity index is 846. The third-order valence-electron chi connectivity index (χ3n) is 3.47. The van der Waals surface area contributed by atoms with Crippen molar-refractivity contribution in [2.24, 2.45) is 0 Å². The minimum atomic E-state index is -0.182. The highest BCUT2D eigenvalue weighted by Crippen LogP contribution is 2.30. The largest absolute Gasteiger partial charge is 0.504 e. The number of carbonyl (C=O) groups excluding carboxylic acids is 1. The Balaban J connectivity index is 1.60. The summed E-state index contributed by atoms with van der Waals surface area (Å²) in [6, 6.07) is 14.1. The first-order chi connectivity index (χ1) is 11.6. The van der Waals surface area contributed by atoms with Gasteiger partial charge < -0.3 is 15.5 Å². The predicted octanol–water partition coefficient (Wildman–Crippen LogP) is 3.08. The minimum Gasteiger partial charge on any atom is -0.504 e. The van der Waals surface area contributed by atoms with Gasteiger partial charge in [-0.1, -0.05) is 30.3 Å². The van der Waals surface area contributed by atoms with Gasteiger partial charge in [-0.05, 0) is 23.8 Å². The van der Waals surface area contributed by atoms with Crippen LogP contribution in [-0.2, 0) is 17.8 Å². The average molecular weight is 340 g/mol. The van der Waals surface area contributed by atoms with E-state index in [4.69, 9.17) is 0 Å². The van der Waals surface area contributed by atoms with Crippen LogP contribution in [0.1, 0.15) is 10.6 Å². The number of rotatable bonds is 5. The van der Waals surface area contributed by atoms with Crippen LogP contribution in [0, 0.1) is 0 Å². The van der Waals surface area contributed by atoms with E-state index in [-0.39, 0.29) is 17.4 Å². The summed E-state index contributed by atoms with van der Waals surface area (Å²) in [6.07, 6.45) is 0.338. The first kappa shape index (κ1) is 16.0. The molecule has 0 aliphatic carbocycles. The van der Waals surface area contributed by atoms with Gasteiger partial charge in [0.05, 0.1) is 18.7 Å². The van der Waals surface area contributed by atoms with E-state index in [0.717, 1.165) is 10.6 Å². The van der Waals surface area contributed by atoms with Crippen molar-refractivity contribution in [1.82, 2.24) is 10.3 Å². The second-order valence-corrected chi connectivity index (χ2v) is 6.21. The zero-order valence-electron chi connectivity index (χ0n) is 12.8. The molecule has 0 fully saturated rings. The molecule has 0 unspecified atom stereocenters. The lowest BCUT2D eigenvalue weighted by Gasteiger charge is -2.03. The van der Waals surface area contributed by atoms with Gasteiger partial charge in [0, 0.05) is 10.9 Å². The summed E-state index contributed by atoms with van der Waals surface area (Å²) in [7, 11) is 0. The van der Waals surface area contributed by atoms with Crippen molar-refractivity contribution in [1.29, 1.82) is 0 Å². The molecular weight excluding hydrogens is 324 g/mol. The van der Waals surface area contributed by atoms with Crippen LogP contribution in [0.2, 0.25) is 0 Å². The fourth-order valence-electron chi connectivity index (χ4n) is 2.23. The highest BCUT2D eigenvalue weighted by molar-refractivity contribution is 7.09. The summed E-state index contributed by atoms with van der Waals surface area (Å²) in [5, 5.41) is 24.4. The molecule has 0 saturated heterocycles. The standard InChI is InChI=1S/C18H16N2O3S/c21-15-7-6-13(9-16(15)22)14-11-24-18(20-14)10-19-17(23)8-12-4-2-1-3-5-12/h1-7,9,11,21-22H,8,10H2,(H,19,23). The fourth-order valence-corrected chi connectivity index (χ4v) is 2.97. The van der Waals surface area contributed by atoms with Gasteiger partial charge in [-0.3, -0.25) is 4.79 Å². The number of phenols is 2. The summed E-state index contributed by atoms with van der Waals surface area (Å²) in [4.78, 5) is 16.4. The molecule has 5 nitrogen and oxygen atoms in total. The van der Waals surface area contributed by atoms with Crippen molar-refractivity contribution in [3.63, 3.8) is 0 Å². The van der Waals surface area contributed by atoms with E-state index in [2.05, 4.69) is 10.3 Å². The number of nitrogens with zero attached hydrogens (tertiary/aromatic N) is 1. The van der Waals surface area contributed by atoms with Gasteiger partial charge in [0.2, 0.25) is 5.91 Å². The quantitative estimate of drug-likeness (QED) is 0.623. The number of benzene rings is 2. The molecule has 24 heavy (non-hydrogen) atoms. The van der Waals surface area contributed by atoms with E-state index in [0.29, 0.717) is 24.2 Å². The summed E-state index contributed by atoms with van der Waals surface area (Å²) >= 11 is 1.43. The Morgan fingerprint density at radius 1 is 1.08 bits per heavy atom. The van der Waals surface area contributed by atoms with E-state index in [1.807, 2.05) is 35.7 Å². The first-order valence-electron chi connectivity index (χ1n) is 7.39. The Hall–Kier alpha value is -2.86. The van der Waals surface area contributed by atoms with Crippen LogP contribution in [0.4, 0.5) is 0 Å². The Morgan fingerprint density at radius 3 is 2.62 bits per heavy atom. The maximum Gasteiger partial charge on any atom is 0.224 e. The normalized spacial score (nSPS) is 10.5. The molecule has 0 aliphatic rings. The van der Waals surface area contributed by atoms with Gasteiger partial charge >= 0.3 is 0 Å². The molecule has 0 atom stereocenters. The Kier molecular flexibility index (Phi) is 4.77. The molecule has 3 aromatic rings. The topological polar surface area (TPSA) is 82.5 Å². The Morgan fingerprint density at radius 2 is 1.88 bits per heavy atom. The van der Waals surface area contributed by atoms with Crippen LogP contribution >= 0.6 is 11.3 Å². The SMILES string of the molecule is O=C(Cc1ccccc1)NCc1nc(-c2ccc(O)c(O)c2)cs1. The van der Waals surface area contributed by atoms with Crippen molar-refractivity contribution in [2.45, 2.75) is 13.0 Å². The van der Waals surface area contributed by atoms with E-state index in [9.17, 15) is 15.0 Å². The van der Waals surface area contributed by atoms with Crippen molar-refractivity contribution in [3.05, 3.63) is 64.5 Å². The fraction of sp³-hybridized carbons (Fsp3) is 0.111. The van der Waals surface area contributed by atoms with Crippen molar-refractivity contribution in [3.8, 4) is 22.8 Å². The lowest BCUT2D eigenvalue weighted by Crippen LogP contribution is -2.24. The summed E-state index contributed by atoms with van der Waals surface area (Å²) in [5.41, 5.74) is 2.38. The summed E-state index contributed by atoms with van der Waals surface area (Å²) < 4.78 is 0. The monoisotopic (exact) mass is 340 g/mol. The Labute approximate surface area is 143 Å². The van der Waals surface area contributed by atoms with Gasteiger partial charge in [0.25, 0.3) is 0 Å². The number of hydrogen-bond acceptors (Lipinski definition) is 5. The molecule has 3 rings (SSSR count). The highest BCUT2D eigenvalue weighted by atomic mass is 32.1. The van der Waals surface area contributed by atoms with E-state index in [1.165, 1.54) is 23.5 Å². The first-order valence-corrected chi connectivity index (χ1v) is 8.27. The minimum absolute atomic E-state index is 0.0553. The molecule has 0 bridgehead atoms. The van der Waals surface area contributed by atoms with Gasteiger partial charge in [-0.15, -0.1) is 11.3 Å². The number of aromatic nitrogens is 1. The molecule has 1 amide bonds. The zero-order valence-corrected chi connectivity index (χ0v) is 13.6. The zero-order chi connectivity index (χ0) is 16.9. The molecule has 0 spiro atoms. The third-order valence-corrected chi connectivity index (χ3v) is 4.32. The van der Waals surface area contributed by atoms with Crippen molar-refractivity contribution < 1.29 is 15.0 Å². The highest BCUT2D eigenvalue weighted by Gasteiger charge is 2.09.